The molecule has 6 nitrogen and oxygen atoms in total. The molecule has 3 fully saturated rings. The van der Waals surface area contributed by atoms with Crippen LogP contribution in [0.2, 0.25) is 5.02 Å². The van der Waals surface area contributed by atoms with Crippen molar-refractivity contribution in [1.29, 1.82) is 0 Å². The molecular weight excluding hydrogens is 561 g/mol. The molecule has 218 valence electrons. The van der Waals surface area contributed by atoms with Gasteiger partial charge in [-0.15, -0.1) is 0 Å². The number of Topliss-reactive ketones (excluding diaryl/α,β-unsaturated/α-hetero) is 1. The number of hydrogen-bond acceptors (Lipinski definition) is 6. The zero-order chi connectivity index (χ0) is 29.6. The summed E-state index contributed by atoms with van der Waals surface area (Å²) < 4.78 is 73.6. The molecule has 1 aromatic rings. The topological polar surface area (TPSA) is 98.1 Å². The zero-order valence-electron chi connectivity index (χ0n) is 21.6. The predicted octanol–water partition coefficient (Wildman–Crippen LogP) is 5.03. The van der Waals surface area contributed by atoms with Crippen molar-refractivity contribution in [3.63, 3.8) is 0 Å². The lowest BCUT2D eigenvalue weighted by Gasteiger charge is -2.62. The van der Waals surface area contributed by atoms with Gasteiger partial charge in [-0.3, -0.25) is 19.9 Å². The number of anilines is 1. The van der Waals surface area contributed by atoms with Crippen molar-refractivity contribution < 1.29 is 47.0 Å². The number of carbonyl (C=O) groups excluding carboxylic acids is 2. The average molecular weight is 590 g/mol. The fraction of sp³-hybridized carbons (Fsp3) is 0.571. The van der Waals surface area contributed by atoms with Crippen LogP contribution in [0.5, 0.6) is 0 Å². The molecule has 0 heterocycles. The number of carbonyl (C=O) groups is 2. The maximum atomic E-state index is 17.4. The summed E-state index contributed by atoms with van der Waals surface area (Å²) in [5.41, 5.74) is -7.00. The van der Waals surface area contributed by atoms with Crippen molar-refractivity contribution in [3.8, 4) is 0 Å². The highest BCUT2D eigenvalue weighted by Gasteiger charge is 2.74. The summed E-state index contributed by atoms with van der Waals surface area (Å²) >= 11 is 5.72. The number of halogens is 6. The first-order valence-electron chi connectivity index (χ1n) is 13.0. The van der Waals surface area contributed by atoms with Crippen molar-refractivity contribution >= 4 is 28.9 Å². The summed E-state index contributed by atoms with van der Waals surface area (Å²) in [6.07, 6.45) is -5.69. The zero-order valence-corrected chi connectivity index (χ0v) is 22.4. The number of aliphatic hydroxyl groups excluding tert-OH is 2. The van der Waals surface area contributed by atoms with Crippen LogP contribution in [-0.2, 0) is 15.8 Å². The molecule has 0 saturated heterocycles. The third-order valence-corrected chi connectivity index (χ3v) is 10.3. The van der Waals surface area contributed by atoms with E-state index >= 15 is 8.78 Å². The number of hydrogen-bond donors (Lipinski definition) is 3. The van der Waals surface area contributed by atoms with E-state index in [0.717, 1.165) is 24.3 Å². The van der Waals surface area contributed by atoms with Gasteiger partial charge in [0.2, 0.25) is 0 Å². The Morgan fingerprint density at radius 2 is 1.88 bits per heavy atom. The Labute approximate surface area is 232 Å². The van der Waals surface area contributed by atoms with Crippen LogP contribution in [-0.4, -0.2) is 57.6 Å². The van der Waals surface area contributed by atoms with Gasteiger partial charge >= 0.3 is 6.18 Å². The summed E-state index contributed by atoms with van der Waals surface area (Å²) in [4.78, 5) is 25.2. The first-order valence-corrected chi connectivity index (χ1v) is 13.3. The second-order valence-corrected chi connectivity index (χ2v) is 12.3. The molecule has 0 aliphatic heterocycles. The van der Waals surface area contributed by atoms with E-state index in [2.05, 4.69) is 0 Å². The van der Waals surface area contributed by atoms with Crippen molar-refractivity contribution in [2.75, 3.05) is 11.7 Å². The van der Waals surface area contributed by atoms with E-state index in [9.17, 15) is 38.2 Å². The summed E-state index contributed by atoms with van der Waals surface area (Å²) in [6.45, 7) is 2.05. The molecule has 40 heavy (non-hydrogen) atoms. The molecule has 0 radical (unpaired) electrons. The molecule has 5 rings (SSSR count). The van der Waals surface area contributed by atoms with Gasteiger partial charge in [-0.1, -0.05) is 24.6 Å². The highest BCUT2D eigenvalue weighted by atomic mass is 35.5. The maximum absolute atomic E-state index is 17.4. The quantitative estimate of drug-likeness (QED) is 0.337. The molecule has 9 atom stereocenters. The Kier molecular flexibility index (Phi) is 6.81. The minimum atomic E-state index is -4.84. The van der Waals surface area contributed by atoms with Crippen molar-refractivity contribution in [2.24, 2.45) is 28.6 Å². The molecule has 2 unspecified atom stereocenters. The van der Waals surface area contributed by atoms with Gasteiger partial charge in [-0.05, 0) is 73.4 Å². The first kappa shape index (κ1) is 29.2. The van der Waals surface area contributed by atoms with E-state index in [1.54, 1.807) is 6.92 Å². The molecule has 3 N–H and O–H groups in total. The number of benzene rings is 1. The molecule has 0 spiro atoms. The van der Waals surface area contributed by atoms with E-state index in [1.807, 2.05) is 0 Å². The number of aliphatic hydroxyl groups is 2. The van der Waals surface area contributed by atoms with Gasteiger partial charge in [-0.2, -0.15) is 13.2 Å². The van der Waals surface area contributed by atoms with E-state index in [-0.39, 0.29) is 24.1 Å². The molecule has 0 amide bonds. The van der Waals surface area contributed by atoms with Gasteiger partial charge in [0.25, 0.3) is 0 Å². The Morgan fingerprint density at radius 1 is 1.20 bits per heavy atom. The Hall–Kier alpha value is -2.34. The number of alkyl halides is 5. The minimum Gasteiger partial charge on any atom is -0.390 e. The number of ketones is 2. The van der Waals surface area contributed by atoms with E-state index in [0.29, 0.717) is 11.1 Å². The lowest BCUT2D eigenvalue weighted by Crippen LogP contribution is -2.68. The molecule has 3 saturated carbocycles. The molecule has 4 aliphatic rings. The van der Waals surface area contributed by atoms with Gasteiger partial charge < -0.3 is 10.2 Å². The number of rotatable bonds is 4. The van der Waals surface area contributed by atoms with E-state index in [1.165, 1.54) is 13.0 Å². The van der Waals surface area contributed by atoms with Gasteiger partial charge in [-0.25, -0.2) is 8.78 Å². The van der Waals surface area contributed by atoms with Crippen LogP contribution in [0, 0.1) is 28.6 Å². The average Bonchev–Trinajstić information content (AvgIpc) is 3.18. The summed E-state index contributed by atoms with van der Waals surface area (Å²) in [5, 5.41) is 32.3. The normalized spacial score (nSPS) is 40.7. The minimum absolute atomic E-state index is 0.0800. The molecule has 0 bridgehead atoms. The van der Waals surface area contributed by atoms with E-state index in [4.69, 9.17) is 11.6 Å². The maximum Gasteiger partial charge on any atom is 0.417 e. The van der Waals surface area contributed by atoms with Crippen molar-refractivity contribution in [1.82, 2.24) is 0 Å². The van der Waals surface area contributed by atoms with Gasteiger partial charge in [0.05, 0.1) is 28.4 Å². The highest BCUT2D eigenvalue weighted by Crippen LogP contribution is 2.69. The third-order valence-electron chi connectivity index (χ3n) is 9.99. The molecule has 4 aliphatic carbocycles. The Morgan fingerprint density at radius 3 is 2.50 bits per heavy atom. The van der Waals surface area contributed by atoms with Crippen molar-refractivity contribution in [3.05, 3.63) is 52.6 Å². The first-order chi connectivity index (χ1) is 18.5. The van der Waals surface area contributed by atoms with Crippen LogP contribution < -0.4 is 5.06 Å². The second-order valence-electron chi connectivity index (χ2n) is 11.9. The lowest BCUT2D eigenvalue weighted by molar-refractivity contribution is -0.202. The van der Waals surface area contributed by atoms with Gasteiger partial charge in [0.15, 0.2) is 17.2 Å². The number of allylic oxidation sites excluding steroid dienone is 4. The number of fused-ring (bicyclic) bond motifs is 5. The number of hydroxylamine groups is 1. The fourth-order valence-electron chi connectivity index (χ4n) is 8.21. The van der Waals surface area contributed by atoms with Gasteiger partial charge in [0, 0.05) is 17.3 Å². The molecular formula is C28H29ClF5NO5. The standard InChI is InChI=1S/C28H29ClF5NO5/c1-25-11-23(39)27(31)16(9-20(30)18-8-14(37)5-6-26(18,27)2)15(25)10-21(24(25)22(38)12-36)35(40)13-3-4-19(29)17(7-13)28(32,33)34/h3-8,15-16,20-21,23-24,36,39-40H,9-12H2,1-2H3/t15?,16-,20-,21?,23-,24+,25-,26-,27-/m0/s1. The Balaban J connectivity index is 1.60. The second kappa shape index (κ2) is 9.34. The fourth-order valence-corrected chi connectivity index (χ4v) is 8.43. The van der Waals surface area contributed by atoms with Crippen LogP contribution in [0.3, 0.4) is 0 Å². The lowest BCUT2D eigenvalue weighted by atomic mass is 9.45. The van der Waals surface area contributed by atoms with Crippen LogP contribution in [0.4, 0.5) is 27.6 Å². The molecule has 12 heteroatoms. The van der Waals surface area contributed by atoms with Gasteiger partial charge in [0.1, 0.15) is 12.8 Å². The van der Waals surface area contributed by atoms with Crippen LogP contribution >= 0.6 is 11.6 Å². The third kappa shape index (κ3) is 3.91. The number of nitrogens with zero attached hydrogens (tertiary/aromatic N) is 1. The van der Waals surface area contributed by atoms with E-state index < -0.39 is 93.9 Å². The highest BCUT2D eigenvalue weighted by molar-refractivity contribution is 6.31. The predicted molar refractivity (Wildman–Crippen MR) is 134 cm³/mol. The SMILES string of the molecule is C[C@]12C[C@H](O)[C@@]3(F)[C@@H](C[C@H](F)C4=CC(=O)C=C[C@@]43C)C1CC(N(O)c1ccc(Cl)c(C(F)(F)F)c1)[C@@H]2C(=O)CO. The largest absolute Gasteiger partial charge is 0.417 e. The van der Waals surface area contributed by atoms with Crippen molar-refractivity contribution in [2.45, 2.75) is 63.3 Å². The summed E-state index contributed by atoms with van der Waals surface area (Å²) in [6, 6.07) is 1.49. The summed E-state index contributed by atoms with van der Waals surface area (Å²) in [7, 11) is 0. The Bertz CT molecular complexity index is 1320. The molecule has 0 aromatic heterocycles. The van der Waals surface area contributed by atoms with Crippen LogP contribution in [0.25, 0.3) is 0 Å². The monoisotopic (exact) mass is 589 g/mol. The molecule has 1 aromatic carbocycles. The van der Waals surface area contributed by atoms with Crippen LogP contribution in [0.1, 0.15) is 38.7 Å². The summed E-state index contributed by atoms with van der Waals surface area (Å²) in [5.74, 6) is -4.49. The smallest absolute Gasteiger partial charge is 0.390 e. The van der Waals surface area contributed by atoms with Crippen LogP contribution in [0.15, 0.2) is 42.0 Å².